The lowest BCUT2D eigenvalue weighted by atomic mass is 10.2. The summed E-state index contributed by atoms with van der Waals surface area (Å²) in [6, 6.07) is 7.86. The first-order valence-corrected chi connectivity index (χ1v) is 6.05. The Labute approximate surface area is 107 Å². The summed E-state index contributed by atoms with van der Waals surface area (Å²) in [5, 5.41) is 10.8. The van der Waals surface area contributed by atoms with Gasteiger partial charge in [-0.3, -0.25) is 5.10 Å². The Bertz CT molecular complexity index is 456. The third-order valence-corrected chi connectivity index (χ3v) is 3.40. The highest BCUT2D eigenvalue weighted by Crippen LogP contribution is 2.23. The van der Waals surface area contributed by atoms with Crippen LogP contribution in [0.25, 0.3) is 0 Å². The van der Waals surface area contributed by atoms with E-state index in [0.717, 1.165) is 28.3 Å². The van der Waals surface area contributed by atoms with Crippen molar-refractivity contribution >= 4 is 27.5 Å². The first-order chi connectivity index (χ1) is 7.75. The Kier molecular flexibility index (Phi) is 3.98. The molecule has 3 nitrogen and oxygen atoms in total. The number of nitrogens with one attached hydrogen (secondary N) is 2. The molecule has 0 atom stereocenters. The van der Waals surface area contributed by atoms with E-state index in [1.165, 1.54) is 5.56 Å². The zero-order chi connectivity index (χ0) is 11.4. The minimum Gasteiger partial charge on any atom is -0.307 e. The topological polar surface area (TPSA) is 40.7 Å². The molecule has 0 saturated carbocycles. The van der Waals surface area contributed by atoms with E-state index in [0.29, 0.717) is 0 Å². The molecule has 1 aromatic heterocycles. The van der Waals surface area contributed by atoms with Crippen molar-refractivity contribution < 1.29 is 0 Å². The van der Waals surface area contributed by atoms with E-state index in [9.17, 15) is 0 Å². The minimum absolute atomic E-state index is 0.734. The average Bonchev–Trinajstić information content (AvgIpc) is 2.76. The Morgan fingerprint density at radius 2 is 2.19 bits per heavy atom. The molecule has 0 aliphatic carbocycles. The number of aromatic amines is 1. The van der Waals surface area contributed by atoms with E-state index in [1.807, 2.05) is 24.3 Å². The minimum atomic E-state index is 0.734. The molecule has 0 unspecified atom stereocenters. The van der Waals surface area contributed by atoms with E-state index in [-0.39, 0.29) is 0 Å². The fourth-order valence-electron chi connectivity index (χ4n) is 1.37. The van der Waals surface area contributed by atoms with E-state index < -0.39 is 0 Å². The van der Waals surface area contributed by atoms with Crippen molar-refractivity contribution in [3.05, 3.63) is 51.2 Å². The Morgan fingerprint density at radius 3 is 2.88 bits per heavy atom. The van der Waals surface area contributed by atoms with Crippen molar-refractivity contribution in [3.8, 4) is 0 Å². The number of benzene rings is 1. The van der Waals surface area contributed by atoms with Crippen LogP contribution in [0, 0.1) is 0 Å². The summed E-state index contributed by atoms with van der Waals surface area (Å²) in [5.41, 5.74) is 2.27. The average molecular weight is 301 g/mol. The summed E-state index contributed by atoms with van der Waals surface area (Å²) < 4.78 is 0.926. The maximum absolute atomic E-state index is 5.92. The smallest absolute Gasteiger partial charge is 0.0548 e. The lowest BCUT2D eigenvalue weighted by Crippen LogP contribution is -2.12. The van der Waals surface area contributed by atoms with Gasteiger partial charge in [0.1, 0.15) is 0 Å². The number of aromatic nitrogens is 2. The molecular formula is C11H11BrClN3. The van der Waals surface area contributed by atoms with E-state index in [1.54, 1.807) is 6.20 Å². The van der Waals surface area contributed by atoms with Gasteiger partial charge in [0.05, 0.1) is 5.02 Å². The molecule has 1 heterocycles. The van der Waals surface area contributed by atoms with Crippen molar-refractivity contribution in [2.24, 2.45) is 0 Å². The van der Waals surface area contributed by atoms with Gasteiger partial charge in [-0.15, -0.1) is 0 Å². The molecule has 2 N–H and O–H groups in total. The maximum Gasteiger partial charge on any atom is 0.0548 e. The number of H-pyrrole nitrogens is 1. The van der Waals surface area contributed by atoms with Gasteiger partial charge in [0.25, 0.3) is 0 Å². The van der Waals surface area contributed by atoms with Gasteiger partial charge >= 0.3 is 0 Å². The van der Waals surface area contributed by atoms with Gasteiger partial charge in [-0.1, -0.05) is 17.7 Å². The number of hydrogen-bond donors (Lipinski definition) is 2. The first kappa shape index (κ1) is 11.6. The molecule has 84 valence electrons. The second-order valence-corrected chi connectivity index (χ2v) is 4.70. The van der Waals surface area contributed by atoms with Gasteiger partial charge in [0, 0.05) is 29.5 Å². The number of halogens is 2. The molecule has 0 aliphatic heterocycles. The van der Waals surface area contributed by atoms with Crippen LogP contribution in [0.3, 0.4) is 0 Å². The molecule has 0 spiro atoms. The molecule has 2 aromatic rings. The van der Waals surface area contributed by atoms with Gasteiger partial charge in [0.2, 0.25) is 0 Å². The fraction of sp³-hybridized carbons (Fsp3) is 0.182. The normalized spacial score (nSPS) is 10.6. The van der Waals surface area contributed by atoms with Gasteiger partial charge in [0.15, 0.2) is 0 Å². The summed E-state index contributed by atoms with van der Waals surface area (Å²) in [6.45, 7) is 1.58. The molecule has 0 aliphatic rings. The van der Waals surface area contributed by atoms with Crippen molar-refractivity contribution in [2.45, 2.75) is 13.1 Å². The van der Waals surface area contributed by atoms with Crippen molar-refractivity contribution in [1.29, 1.82) is 0 Å². The Morgan fingerprint density at radius 1 is 1.31 bits per heavy atom. The highest BCUT2D eigenvalue weighted by atomic mass is 79.9. The predicted octanol–water partition coefficient (Wildman–Crippen LogP) is 3.12. The third kappa shape index (κ3) is 3.07. The van der Waals surface area contributed by atoms with Crippen LogP contribution in [0.15, 0.2) is 34.9 Å². The molecule has 0 amide bonds. The fourth-order valence-corrected chi connectivity index (χ4v) is 1.92. The van der Waals surface area contributed by atoms with E-state index >= 15 is 0 Å². The van der Waals surface area contributed by atoms with Gasteiger partial charge < -0.3 is 5.32 Å². The number of hydrogen-bond acceptors (Lipinski definition) is 2. The number of rotatable bonds is 4. The third-order valence-electron chi connectivity index (χ3n) is 2.19. The van der Waals surface area contributed by atoms with Gasteiger partial charge in [-0.2, -0.15) is 5.10 Å². The lowest BCUT2D eigenvalue weighted by molar-refractivity contribution is 0.677. The standard InChI is InChI=1S/C11H11BrClN3/c12-10-5-8(1-2-11(10)13)6-14-7-9-3-4-15-16-9/h1-5,14H,6-7H2,(H,15,16). The molecular weight excluding hydrogens is 289 g/mol. The second kappa shape index (κ2) is 5.48. The molecule has 2 rings (SSSR count). The zero-order valence-electron chi connectivity index (χ0n) is 8.50. The molecule has 1 aromatic carbocycles. The van der Waals surface area contributed by atoms with Crippen LogP contribution in [0.2, 0.25) is 5.02 Å². The molecule has 0 radical (unpaired) electrons. The summed E-state index contributed by atoms with van der Waals surface area (Å²) >= 11 is 9.32. The summed E-state index contributed by atoms with van der Waals surface area (Å²) in [5.74, 6) is 0. The number of nitrogens with zero attached hydrogens (tertiary/aromatic N) is 1. The summed E-state index contributed by atoms with van der Waals surface area (Å²) in [6.07, 6.45) is 1.75. The van der Waals surface area contributed by atoms with Crippen LogP contribution in [0.5, 0.6) is 0 Å². The summed E-state index contributed by atoms with van der Waals surface area (Å²) in [7, 11) is 0. The van der Waals surface area contributed by atoms with Crippen molar-refractivity contribution in [1.82, 2.24) is 15.5 Å². The van der Waals surface area contributed by atoms with Crippen LogP contribution < -0.4 is 5.32 Å². The van der Waals surface area contributed by atoms with Gasteiger partial charge in [-0.05, 0) is 39.7 Å². The quantitative estimate of drug-likeness (QED) is 0.911. The van der Waals surface area contributed by atoms with Gasteiger partial charge in [-0.25, -0.2) is 0 Å². The van der Waals surface area contributed by atoms with Crippen LogP contribution in [-0.2, 0) is 13.1 Å². The molecule has 0 fully saturated rings. The Hall–Kier alpha value is -0.840. The van der Waals surface area contributed by atoms with Crippen LogP contribution in [0.1, 0.15) is 11.3 Å². The SMILES string of the molecule is Clc1ccc(CNCc2ccn[nH]2)cc1Br. The lowest BCUT2D eigenvalue weighted by Gasteiger charge is -2.04. The van der Waals surface area contributed by atoms with E-state index in [4.69, 9.17) is 11.6 Å². The molecule has 0 saturated heterocycles. The predicted molar refractivity (Wildman–Crippen MR) is 68.3 cm³/mol. The zero-order valence-corrected chi connectivity index (χ0v) is 10.8. The van der Waals surface area contributed by atoms with Crippen molar-refractivity contribution in [3.63, 3.8) is 0 Å². The van der Waals surface area contributed by atoms with Crippen molar-refractivity contribution in [2.75, 3.05) is 0 Å². The summed E-state index contributed by atoms with van der Waals surface area (Å²) in [4.78, 5) is 0. The molecule has 0 bridgehead atoms. The highest BCUT2D eigenvalue weighted by Gasteiger charge is 1.99. The first-order valence-electron chi connectivity index (χ1n) is 4.88. The molecule has 5 heteroatoms. The van der Waals surface area contributed by atoms with Crippen LogP contribution >= 0.6 is 27.5 Å². The van der Waals surface area contributed by atoms with Crippen LogP contribution in [-0.4, -0.2) is 10.2 Å². The maximum atomic E-state index is 5.92. The monoisotopic (exact) mass is 299 g/mol. The highest BCUT2D eigenvalue weighted by molar-refractivity contribution is 9.10. The molecule has 16 heavy (non-hydrogen) atoms. The Balaban J connectivity index is 1.87. The largest absolute Gasteiger partial charge is 0.307 e. The van der Waals surface area contributed by atoms with E-state index in [2.05, 4.69) is 31.4 Å². The second-order valence-electron chi connectivity index (χ2n) is 3.43. The van der Waals surface area contributed by atoms with Crippen LogP contribution in [0.4, 0.5) is 0 Å².